The molecule has 11 nitrogen and oxygen atoms in total. The lowest BCUT2D eigenvalue weighted by molar-refractivity contribution is -0.384. The molecule has 0 saturated carbocycles. The molecule has 3 N–H and O–H groups in total. The van der Waals surface area contributed by atoms with Gasteiger partial charge in [0.25, 0.3) is 5.69 Å². The minimum atomic E-state index is -4.28. The Balaban J connectivity index is 2.15. The highest BCUT2D eigenvalue weighted by Gasteiger charge is 2.23. The molecule has 28 heavy (non-hydrogen) atoms. The van der Waals surface area contributed by atoms with Crippen LogP contribution in [-0.4, -0.2) is 37.1 Å². The first kappa shape index (κ1) is 20.8. The molecule has 0 aromatic heterocycles. The van der Waals surface area contributed by atoms with Crippen molar-refractivity contribution >= 4 is 33.5 Å². The largest absolute Gasteiger partial charge is 0.480 e. The highest BCUT2D eigenvalue weighted by Crippen LogP contribution is 2.27. The van der Waals surface area contributed by atoms with Crippen molar-refractivity contribution in [1.82, 2.24) is 4.72 Å². The van der Waals surface area contributed by atoms with Crippen molar-refractivity contribution < 1.29 is 32.8 Å². The molecule has 0 spiro atoms. The summed E-state index contributed by atoms with van der Waals surface area (Å²) in [5.74, 6) is -1.42. The summed E-state index contributed by atoms with van der Waals surface area (Å²) in [5.41, 5.74) is -0.270. The van der Waals surface area contributed by atoms with E-state index in [1.54, 1.807) is 35.1 Å². The summed E-state index contributed by atoms with van der Waals surface area (Å²) in [6.07, 6.45) is -0.966. The number of nitrogens with zero attached hydrogens (tertiary/aromatic N) is 1. The van der Waals surface area contributed by atoms with Crippen molar-refractivity contribution in [3.8, 4) is 0 Å². The molecule has 0 heterocycles. The van der Waals surface area contributed by atoms with Crippen LogP contribution in [-0.2, 0) is 26.2 Å². The van der Waals surface area contributed by atoms with E-state index in [0.717, 1.165) is 12.1 Å². The van der Waals surface area contributed by atoms with Crippen molar-refractivity contribution in [2.75, 3.05) is 11.9 Å². The van der Waals surface area contributed by atoms with E-state index in [-0.39, 0.29) is 12.3 Å². The summed E-state index contributed by atoms with van der Waals surface area (Å²) in [5, 5.41) is 22.0. The fourth-order valence-electron chi connectivity index (χ4n) is 2.04. The Hall–Kier alpha value is -3.51. The van der Waals surface area contributed by atoms with Crippen molar-refractivity contribution in [3.63, 3.8) is 0 Å². The van der Waals surface area contributed by atoms with Crippen LogP contribution in [0.15, 0.2) is 53.4 Å². The molecule has 0 fully saturated rings. The van der Waals surface area contributed by atoms with Gasteiger partial charge in [-0.15, -0.1) is 0 Å². The molecular weight excluding hydrogens is 394 g/mol. The molecule has 2 rings (SSSR count). The van der Waals surface area contributed by atoms with Gasteiger partial charge in [-0.3, -0.25) is 20.2 Å². The quantitative estimate of drug-likeness (QED) is 0.438. The lowest BCUT2D eigenvalue weighted by Crippen LogP contribution is -2.29. The number of ether oxygens (including phenoxy) is 1. The number of sulfonamides is 1. The van der Waals surface area contributed by atoms with E-state index >= 15 is 0 Å². The molecule has 0 saturated heterocycles. The maximum absolute atomic E-state index is 12.0. The fourth-order valence-corrected chi connectivity index (χ4v) is 3.04. The smallest absolute Gasteiger partial charge is 0.412 e. The number of nitrogens with one attached hydrogen (secondary N) is 2. The maximum atomic E-state index is 12.0. The van der Waals surface area contributed by atoms with Gasteiger partial charge in [0.15, 0.2) is 0 Å². The van der Waals surface area contributed by atoms with Gasteiger partial charge in [0.1, 0.15) is 18.8 Å². The Bertz CT molecular complexity index is 992. The summed E-state index contributed by atoms with van der Waals surface area (Å²) in [4.78, 5) is 32.2. The Kier molecular flexibility index (Phi) is 6.63. The summed E-state index contributed by atoms with van der Waals surface area (Å²) in [6.45, 7) is -0.950. The normalized spacial score (nSPS) is 10.9. The molecule has 0 aliphatic rings. The number of hydrogen-bond acceptors (Lipinski definition) is 7. The second-order valence-corrected chi connectivity index (χ2v) is 7.11. The third kappa shape index (κ3) is 5.75. The average Bonchev–Trinajstić information content (AvgIpc) is 2.65. The molecular formula is C16H15N3O8S. The van der Waals surface area contributed by atoms with E-state index in [9.17, 15) is 28.1 Å². The van der Waals surface area contributed by atoms with Gasteiger partial charge in [-0.05, 0) is 17.7 Å². The highest BCUT2D eigenvalue weighted by molar-refractivity contribution is 7.89. The highest BCUT2D eigenvalue weighted by atomic mass is 32.2. The topological polar surface area (TPSA) is 165 Å². The third-order valence-electron chi connectivity index (χ3n) is 3.34. The number of aliphatic carboxylic acids is 1. The van der Waals surface area contributed by atoms with E-state index in [0.29, 0.717) is 11.6 Å². The van der Waals surface area contributed by atoms with Crippen molar-refractivity contribution in [2.45, 2.75) is 11.5 Å². The van der Waals surface area contributed by atoms with Crippen LogP contribution in [0.4, 0.5) is 16.2 Å². The molecule has 0 unspecified atom stereocenters. The number of carboxylic acid groups (broad SMARTS) is 1. The zero-order valence-electron chi connectivity index (χ0n) is 14.2. The summed E-state index contributed by atoms with van der Waals surface area (Å²) in [7, 11) is -4.28. The Morgan fingerprint density at radius 3 is 2.43 bits per heavy atom. The first-order chi connectivity index (χ1) is 13.2. The predicted octanol–water partition coefficient (Wildman–Crippen LogP) is 1.71. The molecule has 0 atom stereocenters. The minimum Gasteiger partial charge on any atom is -0.480 e. The maximum Gasteiger partial charge on any atom is 0.412 e. The van der Waals surface area contributed by atoms with Crippen LogP contribution in [0.3, 0.4) is 0 Å². The van der Waals surface area contributed by atoms with E-state index in [1.165, 1.54) is 0 Å². The van der Waals surface area contributed by atoms with Gasteiger partial charge in [-0.1, -0.05) is 30.3 Å². The predicted molar refractivity (Wildman–Crippen MR) is 96.2 cm³/mol. The SMILES string of the molecule is O=C(O)CNS(=O)(=O)c1ccc(NC(=O)OCc2ccccc2)c([N+](=O)[O-])c1. The Labute approximate surface area is 159 Å². The zero-order chi connectivity index (χ0) is 20.7. The molecule has 2 aromatic rings. The van der Waals surface area contributed by atoms with E-state index in [1.807, 2.05) is 0 Å². The second-order valence-electron chi connectivity index (χ2n) is 5.34. The number of rotatable bonds is 8. The lowest BCUT2D eigenvalue weighted by Gasteiger charge is -2.09. The number of carbonyl (C=O) groups is 2. The van der Waals surface area contributed by atoms with Crippen LogP contribution in [0.1, 0.15) is 5.56 Å². The number of anilines is 1. The van der Waals surface area contributed by atoms with Gasteiger partial charge in [0.05, 0.1) is 9.82 Å². The van der Waals surface area contributed by atoms with Gasteiger partial charge >= 0.3 is 12.1 Å². The van der Waals surface area contributed by atoms with Crippen LogP contribution in [0.2, 0.25) is 0 Å². The van der Waals surface area contributed by atoms with Crippen LogP contribution < -0.4 is 10.0 Å². The number of carbonyl (C=O) groups excluding carboxylic acids is 1. The zero-order valence-corrected chi connectivity index (χ0v) is 15.0. The Morgan fingerprint density at radius 1 is 1.14 bits per heavy atom. The van der Waals surface area contributed by atoms with Gasteiger partial charge in [-0.2, -0.15) is 4.72 Å². The molecule has 0 bridgehead atoms. The van der Waals surface area contributed by atoms with Crippen LogP contribution in [0.25, 0.3) is 0 Å². The number of nitro groups is 1. The van der Waals surface area contributed by atoms with Crippen LogP contribution >= 0.6 is 0 Å². The van der Waals surface area contributed by atoms with Gasteiger partial charge in [0.2, 0.25) is 10.0 Å². The second kappa shape index (κ2) is 8.92. The van der Waals surface area contributed by atoms with Crippen LogP contribution in [0.5, 0.6) is 0 Å². The summed E-state index contributed by atoms with van der Waals surface area (Å²) < 4.78 is 30.7. The standard InChI is InChI=1S/C16H15N3O8S/c20-15(21)9-17-28(25,26)12-6-7-13(14(8-12)19(23)24)18-16(22)27-10-11-4-2-1-3-5-11/h1-8,17H,9-10H2,(H,18,22)(H,20,21). The monoisotopic (exact) mass is 409 g/mol. The molecule has 0 radical (unpaired) electrons. The third-order valence-corrected chi connectivity index (χ3v) is 4.74. The number of nitro benzene ring substituents is 1. The first-order valence-electron chi connectivity index (χ1n) is 7.66. The van der Waals surface area contributed by atoms with Gasteiger partial charge < -0.3 is 9.84 Å². The molecule has 0 aliphatic heterocycles. The van der Waals surface area contributed by atoms with E-state index in [2.05, 4.69) is 5.32 Å². The summed E-state index contributed by atoms with van der Waals surface area (Å²) in [6, 6.07) is 11.4. The molecule has 2 aromatic carbocycles. The van der Waals surface area contributed by atoms with Crippen molar-refractivity contribution in [3.05, 3.63) is 64.2 Å². The van der Waals surface area contributed by atoms with Gasteiger partial charge in [0, 0.05) is 6.07 Å². The summed E-state index contributed by atoms with van der Waals surface area (Å²) >= 11 is 0. The first-order valence-corrected chi connectivity index (χ1v) is 9.15. The molecule has 1 amide bonds. The van der Waals surface area contributed by atoms with E-state index < -0.39 is 44.1 Å². The number of benzene rings is 2. The average molecular weight is 409 g/mol. The number of amides is 1. The van der Waals surface area contributed by atoms with Crippen LogP contribution in [0, 0.1) is 10.1 Å². The number of hydrogen-bond donors (Lipinski definition) is 3. The number of carboxylic acids is 1. The molecule has 12 heteroatoms. The minimum absolute atomic E-state index is 0.0635. The lowest BCUT2D eigenvalue weighted by atomic mass is 10.2. The van der Waals surface area contributed by atoms with E-state index in [4.69, 9.17) is 9.84 Å². The Morgan fingerprint density at radius 2 is 1.82 bits per heavy atom. The van der Waals surface area contributed by atoms with Gasteiger partial charge in [-0.25, -0.2) is 13.2 Å². The van der Waals surface area contributed by atoms with Crippen molar-refractivity contribution in [2.24, 2.45) is 0 Å². The molecule has 0 aliphatic carbocycles. The van der Waals surface area contributed by atoms with Crippen molar-refractivity contribution in [1.29, 1.82) is 0 Å². The fraction of sp³-hybridized carbons (Fsp3) is 0.125. The molecule has 148 valence electrons.